The molecule has 0 fully saturated rings. The Morgan fingerprint density at radius 3 is 1.53 bits per heavy atom. The van der Waals surface area contributed by atoms with Crippen LogP contribution in [0, 0.1) is 11.6 Å². The number of fused-ring (bicyclic) bond motifs is 1. The predicted octanol–water partition coefficient (Wildman–Crippen LogP) is 3.16. The Balaban J connectivity index is 0.00000274. The second-order valence-electron chi connectivity index (χ2n) is 7.84. The molecular formula is C31H24BrOP. The summed E-state index contributed by atoms with van der Waals surface area (Å²) < 4.78 is 5.37. The Bertz CT molecular complexity index is 1340. The monoisotopic (exact) mass is 522 g/mol. The molecule has 0 saturated carbocycles. The Morgan fingerprint density at radius 2 is 1.03 bits per heavy atom. The average Bonchev–Trinajstić information content (AvgIpc) is 2.90. The zero-order valence-corrected chi connectivity index (χ0v) is 21.3. The molecule has 0 heterocycles. The van der Waals surface area contributed by atoms with Crippen molar-refractivity contribution in [1.29, 1.82) is 0 Å². The number of hydrogen-bond acceptors (Lipinski definition) is 1. The van der Waals surface area contributed by atoms with Gasteiger partial charge in [-0.25, -0.2) is 0 Å². The fourth-order valence-corrected chi connectivity index (χ4v) is 7.61. The van der Waals surface area contributed by atoms with Crippen LogP contribution in [-0.2, 0) is 0 Å². The first-order chi connectivity index (χ1) is 16.3. The van der Waals surface area contributed by atoms with Crippen LogP contribution in [-0.4, -0.2) is 7.11 Å². The molecule has 0 unspecified atom stereocenters. The van der Waals surface area contributed by atoms with Crippen molar-refractivity contribution in [1.82, 2.24) is 0 Å². The van der Waals surface area contributed by atoms with Crippen LogP contribution in [0.1, 0.15) is 5.56 Å². The van der Waals surface area contributed by atoms with Crippen molar-refractivity contribution in [3.8, 4) is 17.3 Å². The van der Waals surface area contributed by atoms with Crippen LogP contribution >= 0.6 is 7.26 Å². The summed E-state index contributed by atoms with van der Waals surface area (Å²) in [6.07, 6.45) is 0. The molecule has 166 valence electrons. The summed E-state index contributed by atoms with van der Waals surface area (Å²) >= 11 is 0. The molecule has 0 aliphatic carbocycles. The third-order valence-electron chi connectivity index (χ3n) is 5.85. The minimum absolute atomic E-state index is 0. The lowest BCUT2D eigenvalue weighted by Crippen LogP contribution is -3.00. The van der Waals surface area contributed by atoms with Gasteiger partial charge in [-0.15, -0.1) is 0 Å². The average molecular weight is 523 g/mol. The van der Waals surface area contributed by atoms with Crippen LogP contribution in [0.2, 0.25) is 0 Å². The highest BCUT2D eigenvalue weighted by molar-refractivity contribution is 7.99. The van der Waals surface area contributed by atoms with Gasteiger partial charge in [0.15, 0.2) is 7.26 Å². The van der Waals surface area contributed by atoms with Crippen molar-refractivity contribution in [2.45, 2.75) is 0 Å². The first-order valence-electron chi connectivity index (χ1n) is 11.0. The van der Waals surface area contributed by atoms with E-state index in [1.807, 2.05) is 6.07 Å². The molecule has 5 rings (SSSR count). The quantitative estimate of drug-likeness (QED) is 0.260. The van der Waals surface area contributed by atoms with E-state index in [-0.39, 0.29) is 17.0 Å². The fourth-order valence-electron chi connectivity index (χ4n) is 4.17. The van der Waals surface area contributed by atoms with E-state index in [4.69, 9.17) is 4.74 Å². The molecule has 34 heavy (non-hydrogen) atoms. The highest BCUT2D eigenvalue weighted by Gasteiger charge is 2.44. The maximum atomic E-state index is 5.37. The number of ether oxygens (including phenoxy) is 1. The van der Waals surface area contributed by atoms with Gasteiger partial charge in [-0.05, 0) is 77.4 Å². The Hall–Kier alpha value is -3.37. The molecule has 0 aliphatic rings. The van der Waals surface area contributed by atoms with Crippen molar-refractivity contribution in [3.05, 3.63) is 133 Å². The molecular weight excluding hydrogens is 499 g/mol. The molecule has 0 N–H and O–H groups in total. The number of methoxy groups -OCH3 is 1. The van der Waals surface area contributed by atoms with Crippen molar-refractivity contribution in [2.75, 3.05) is 7.11 Å². The molecule has 3 heteroatoms. The number of rotatable bonds is 4. The molecule has 0 aliphatic heterocycles. The van der Waals surface area contributed by atoms with Gasteiger partial charge in [0, 0.05) is 5.56 Å². The highest BCUT2D eigenvalue weighted by Crippen LogP contribution is 2.54. The maximum Gasteiger partial charge on any atom is 0.189 e. The fraction of sp³-hybridized carbons (Fsp3) is 0.0323. The van der Waals surface area contributed by atoms with Gasteiger partial charge in [0.1, 0.15) is 21.7 Å². The number of hydrogen-bond donors (Lipinski definition) is 0. The largest absolute Gasteiger partial charge is 1.00 e. The second kappa shape index (κ2) is 10.7. The van der Waals surface area contributed by atoms with Crippen molar-refractivity contribution < 1.29 is 21.7 Å². The molecule has 0 spiro atoms. The normalized spacial score (nSPS) is 10.6. The van der Waals surface area contributed by atoms with Gasteiger partial charge in [-0.3, -0.25) is 0 Å². The first kappa shape index (κ1) is 23.8. The topological polar surface area (TPSA) is 9.23 Å². The third kappa shape index (κ3) is 4.64. The third-order valence-corrected chi connectivity index (χ3v) is 9.51. The standard InChI is InChI=1S/C31H24OP.BrH/c1-32-28-20-19-26-23-25(17-18-27(26)24-28)21-22-33(29-11-5-2-6-12-29,30-13-7-3-8-14-30)31-15-9-4-10-16-31;/h2-20,23-24H,1H3;1H/q+1;/p-1. The summed E-state index contributed by atoms with van der Waals surface area (Å²) in [5, 5.41) is 6.10. The zero-order chi connectivity index (χ0) is 22.5. The van der Waals surface area contributed by atoms with Crippen molar-refractivity contribution in [2.24, 2.45) is 0 Å². The number of halogens is 1. The van der Waals surface area contributed by atoms with E-state index in [9.17, 15) is 0 Å². The smallest absolute Gasteiger partial charge is 0.189 e. The van der Waals surface area contributed by atoms with E-state index >= 15 is 0 Å². The maximum absolute atomic E-state index is 5.37. The molecule has 1 nitrogen and oxygen atoms in total. The molecule has 0 amide bonds. The summed E-state index contributed by atoms with van der Waals surface area (Å²) in [5.41, 5.74) is 4.84. The van der Waals surface area contributed by atoms with Crippen molar-refractivity contribution >= 4 is 33.9 Å². The molecule has 0 saturated heterocycles. The lowest BCUT2D eigenvalue weighted by atomic mass is 10.1. The van der Waals surface area contributed by atoms with Gasteiger partial charge in [0.05, 0.1) is 12.8 Å². The Kier molecular flexibility index (Phi) is 7.49. The summed E-state index contributed by atoms with van der Waals surface area (Å²) in [5.74, 6) is 4.43. The van der Waals surface area contributed by atoms with Crippen molar-refractivity contribution in [3.63, 3.8) is 0 Å². The molecule has 0 atom stereocenters. The van der Waals surface area contributed by atoms with E-state index in [1.54, 1.807) is 7.11 Å². The molecule has 5 aromatic rings. The molecule has 0 aromatic heterocycles. The van der Waals surface area contributed by atoms with Crippen LogP contribution in [0.25, 0.3) is 10.8 Å². The summed E-state index contributed by atoms with van der Waals surface area (Å²) in [6.45, 7) is 0. The van der Waals surface area contributed by atoms with Crippen LogP contribution in [0.15, 0.2) is 127 Å². The summed E-state index contributed by atoms with van der Waals surface area (Å²) in [6, 6.07) is 44.7. The summed E-state index contributed by atoms with van der Waals surface area (Å²) in [4.78, 5) is 0. The van der Waals surface area contributed by atoms with Gasteiger partial charge < -0.3 is 21.7 Å². The minimum Gasteiger partial charge on any atom is -1.00 e. The SMILES string of the molecule is COc1ccc2cc(C#C[P+](c3ccccc3)(c3ccccc3)c3ccccc3)ccc2c1.[Br-]. The molecule has 0 radical (unpaired) electrons. The number of benzene rings is 5. The van der Waals surface area contributed by atoms with Crippen LogP contribution < -0.4 is 37.6 Å². The van der Waals surface area contributed by atoms with Gasteiger partial charge in [0.25, 0.3) is 0 Å². The van der Waals surface area contributed by atoms with Gasteiger partial charge in [-0.2, -0.15) is 0 Å². The van der Waals surface area contributed by atoms with Gasteiger partial charge >= 0.3 is 0 Å². The lowest BCUT2D eigenvalue weighted by Gasteiger charge is -2.21. The van der Waals surface area contributed by atoms with E-state index in [2.05, 4.69) is 133 Å². The van der Waals surface area contributed by atoms with E-state index in [0.717, 1.165) is 22.1 Å². The Morgan fingerprint density at radius 1 is 0.559 bits per heavy atom. The van der Waals surface area contributed by atoms with E-state index in [1.165, 1.54) is 15.9 Å². The Labute approximate surface area is 212 Å². The highest BCUT2D eigenvalue weighted by atomic mass is 79.9. The first-order valence-corrected chi connectivity index (χ1v) is 12.8. The summed E-state index contributed by atoms with van der Waals surface area (Å²) in [7, 11) is -0.477. The van der Waals surface area contributed by atoms with Crippen LogP contribution in [0.4, 0.5) is 0 Å². The lowest BCUT2D eigenvalue weighted by molar-refractivity contribution is -0.00000658. The van der Waals surface area contributed by atoms with E-state index < -0.39 is 7.26 Å². The predicted molar refractivity (Wildman–Crippen MR) is 143 cm³/mol. The van der Waals surface area contributed by atoms with Crippen LogP contribution in [0.5, 0.6) is 5.75 Å². The molecule has 5 aromatic carbocycles. The second-order valence-corrected chi connectivity index (χ2v) is 11.0. The molecule has 0 bridgehead atoms. The van der Waals surface area contributed by atoms with Crippen LogP contribution in [0.3, 0.4) is 0 Å². The zero-order valence-electron chi connectivity index (χ0n) is 18.9. The van der Waals surface area contributed by atoms with Gasteiger partial charge in [0.2, 0.25) is 0 Å². The van der Waals surface area contributed by atoms with E-state index in [0.29, 0.717) is 0 Å². The van der Waals surface area contributed by atoms with Gasteiger partial charge in [-0.1, -0.05) is 66.7 Å². The minimum atomic E-state index is -2.17.